The summed E-state index contributed by atoms with van der Waals surface area (Å²) >= 11 is 1.85. The van der Waals surface area contributed by atoms with Crippen LogP contribution in [0.2, 0.25) is 0 Å². The highest BCUT2D eigenvalue weighted by Gasteiger charge is 2.26. The Morgan fingerprint density at radius 1 is 1.42 bits per heavy atom. The molecular formula is C16H21NOS. The van der Waals surface area contributed by atoms with Gasteiger partial charge in [0, 0.05) is 17.3 Å². The Morgan fingerprint density at radius 2 is 2.32 bits per heavy atom. The van der Waals surface area contributed by atoms with Gasteiger partial charge in [-0.15, -0.1) is 11.3 Å². The number of rotatable bonds is 5. The molecule has 2 atom stereocenters. The third-order valence-corrected chi connectivity index (χ3v) is 4.89. The maximum Gasteiger partial charge on any atom is 0.0732 e. The first-order valence-electron chi connectivity index (χ1n) is 7.18. The van der Waals surface area contributed by atoms with E-state index < -0.39 is 0 Å². The van der Waals surface area contributed by atoms with Crippen LogP contribution in [-0.2, 0) is 11.2 Å². The molecule has 1 aromatic heterocycles. The first kappa shape index (κ1) is 13.1. The molecule has 2 nitrogen and oxygen atoms in total. The molecule has 1 N–H and O–H groups in total. The van der Waals surface area contributed by atoms with E-state index >= 15 is 0 Å². The third kappa shape index (κ3) is 2.83. The molecule has 1 saturated heterocycles. The molecule has 3 heteroatoms. The predicted octanol–water partition coefficient (Wildman–Crippen LogP) is 3.60. The fraction of sp³-hybridized carbons (Fsp3) is 0.500. The van der Waals surface area contributed by atoms with Gasteiger partial charge in [-0.25, -0.2) is 0 Å². The van der Waals surface area contributed by atoms with Crippen molar-refractivity contribution in [3.05, 3.63) is 35.2 Å². The summed E-state index contributed by atoms with van der Waals surface area (Å²) in [5.41, 5.74) is 1.46. The standard InChI is InChI=1S/C16H21NOS/c1-2-17-14(15-7-5-9-18-15)10-12-11-19-16-8-4-3-6-13(12)16/h3-4,6,8,11,14-15,17H,2,5,7,9-10H2,1H3. The van der Waals surface area contributed by atoms with Crippen molar-refractivity contribution in [3.8, 4) is 0 Å². The molecule has 0 spiro atoms. The average Bonchev–Trinajstić information content (AvgIpc) is 3.08. The number of fused-ring (bicyclic) bond motifs is 1. The van der Waals surface area contributed by atoms with E-state index in [9.17, 15) is 0 Å². The Balaban J connectivity index is 1.80. The zero-order chi connectivity index (χ0) is 13.1. The van der Waals surface area contributed by atoms with Crippen LogP contribution in [0.15, 0.2) is 29.6 Å². The second kappa shape index (κ2) is 6.04. The van der Waals surface area contributed by atoms with Gasteiger partial charge in [-0.3, -0.25) is 0 Å². The van der Waals surface area contributed by atoms with Gasteiger partial charge in [-0.05, 0) is 48.2 Å². The van der Waals surface area contributed by atoms with E-state index in [1.165, 1.54) is 28.5 Å². The summed E-state index contributed by atoms with van der Waals surface area (Å²) in [4.78, 5) is 0. The zero-order valence-electron chi connectivity index (χ0n) is 11.4. The molecule has 3 rings (SSSR count). The van der Waals surface area contributed by atoms with Crippen molar-refractivity contribution in [1.82, 2.24) is 5.32 Å². The van der Waals surface area contributed by atoms with E-state index in [4.69, 9.17) is 4.74 Å². The third-order valence-electron chi connectivity index (χ3n) is 3.88. The molecule has 2 unspecified atom stereocenters. The van der Waals surface area contributed by atoms with Crippen LogP contribution < -0.4 is 5.32 Å². The molecule has 2 heterocycles. The maximum absolute atomic E-state index is 5.87. The van der Waals surface area contributed by atoms with Crippen molar-refractivity contribution >= 4 is 21.4 Å². The number of hydrogen-bond acceptors (Lipinski definition) is 3. The van der Waals surface area contributed by atoms with Crippen LogP contribution in [0.5, 0.6) is 0 Å². The lowest BCUT2D eigenvalue weighted by Crippen LogP contribution is -2.41. The highest BCUT2D eigenvalue weighted by Crippen LogP contribution is 2.28. The second-order valence-corrected chi connectivity index (χ2v) is 6.09. The predicted molar refractivity (Wildman–Crippen MR) is 82.0 cm³/mol. The van der Waals surface area contributed by atoms with Crippen LogP contribution in [0.25, 0.3) is 10.1 Å². The largest absolute Gasteiger partial charge is 0.377 e. The Kier molecular flexibility index (Phi) is 4.16. The first-order chi connectivity index (χ1) is 9.38. The molecular weight excluding hydrogens is 254 g/mol. The Labute approximate surface area is 118 Å². The lowest BCUT2D eigenvalue weighted by Gasteiger charge is -2.23. The normalized spacial score (nSPS) is 21.0. The number of hydrogen-bond donors (Lipinski definition) is 1. The minimum atomic E-state index is 0.388. The zero-order valence-corrected chi connectivity index (χ0v) is 12.2. The Bertz CT molecular complexity index is 530. The van der Waals surface area contributed by atoms with Gasteiger partial charge < -0.3 is 10.1 Å². The van der Waals surface area contributed by atoms with Crippen LogP contribution in [0, 0.1) is 0 Å². The number of likely N-dealkylation sites (N-methyl/N-ethyl adjacent to an activating group) is 1. The monoisotopic (exact) mass is 275 g/mol. The van der Waals surface area contributed by atoms with Gasteiger partial charge in [-0.1, -0.05) is 25.1 Å². The van der Waals surface area contributed by atoms with Gasteiger partial charge in [0.05, 0.1) is 6.10 Å². The second-order valence-electron chi connectivity index (χ2n) is 5.18. The highest BCUT2D eigenvalue weighted by molar-refractivity contribution is 7.17. The fourth-order valence-corrected chi connectivity index (χ4v) is 3.92. The van der Waals surface area contributed by atoms with Gasteiger partial charge in [-0.2, -0.15) is 0 Å². The lowest BCUT2D eigenvalue weighted by molar-refractivity contribution is 0.0790. The summed E-state index contributed by atoms with van der Waals surface area (Å²) in [6, 6.07) is 9.14. The summed E-state index contributed by atoms with van der Waals surface area (Å²) in [6.07, 6.45) is 3.86. The molecule has 1 aliphatic heterocycles. The maximum atomic E-state index is 5.87. The summed E-state index contributed by atoms with van der Waals surface area (Å²) in [5, 5.41) is 7.33. The van der Waals surface area contributed by atoms with E-state index in [0.29, 0.717) is 12.1 Å². The topological polar surface area (TPSA) is 21.3 Å². The summed E-state index contributed by atoms with van der Waals surface area (Å²) in [6.45, 7) is 4.11. The molecule has 1 aromatic carbocycles. The molecule has 2 aromatic rings. The minimum Gasteiger partial charge on any atom is -0.377 e. The molecule has 0 aliphatic carbocycles. The summed E-state index contributed by atoms with van der Waals surface area (Å²) in [5.74, 6) is 0. The molecule has 0 radical (unpaired) electrons. The summed E-state index contributed by atoms with van der Waals surface area (Å²) < 4.78 is 7.26. The summed E-state index contributed by atoms with van der Waals surface area (Å²) in [7, 11) is 0. The van der Waals surface area contributed by atoms with Gasteiger partial charge in [0.25, 0.3) is 0 Å². The number of nitrogens with one attached hydrogen (secondary N) is 1. The fourth-order valence-electron chi connectivity index (χ4n) is 2.94. The van der Waals surface area contributed by atoms with Gasteiger partial charge in [0.15, 0.2) is 0 Å². The highest BCUT2D eigenvalue weighted by atomic mass is 32.1. The van der Waals surface area contributed by atoms with Crippen molar-refractivity contribution in [2.75, 3.05) is 13.2 Å². The van der Waals surface area contributed by atoms with Crippen molar-refractivity contribution in [3.63, 3.8) is 0 Å². The molecule has 0 amide bonds. The van der Waals surface area contributed by atoms with Crippen LogP contribution in [0.4, 0.5) is 0 Å². The van der Waals surface area contributed by atoms with Gasteiger partial charge in [0.1, 0.15) is 0 Å². The minimum absolute atomic E-state index is 0.388. The molecule has 0 bridgehead atoms. The van der Waals surface area contributed by atoms with Crippen molar-refractivity contribution in [1.29, 1.82) is 0 Å². The molecule has 19 heavy (non-hydrogen) atoms. The quantitative estimate of drug-likeness (QED) is 0.900. The van der Waals surface area contributed by atoms with E-state index in [1.807, 2.05) is 11.3 Å². The molecule has 0 saturated carbocycles. The van der Waals surface area contributed by atoms with Gasteiger partial charge >= 0.3 is 0 Å². The average molecular weight is 275 g/mol. The van der Waals surface area contributed by atoms with E-state index in [1.54, 1.807) is 0 Å². The van der Waals surface area contributed by atoms with Crippen molar-refractivity contribution in [2.24, 2.45) is 0 Å². The van der Waals surface area contributed by atoms with Gasteiger partial charge in [0.2, 0.25) is 0 Å². The van der Waals surface area contributed by atoms with Crippen LogP contribution in [-0.4, -0.2) is 25.3 Å². The lowest BCUT2D eigenvalue weighted by atomic mass is 9.99. The molecule has 1 aliphatic rings. The van der Waals surface area contributed by atoms with Crippen molar-refractivity contribution in [2.45, 2.75) is 38.3 Å². The SMILES string of the molecule is CCNC(Cc1csc2ccccc12)C1CCCO1. The van der Waals surface area contributed by atoms with Crippen LogP contribution in [0.3, 0.4) is 0 Å². The van der Waals surface area contributed by atoms with Crippen molar-refractivity contribution < 1.29 is 4.74 Å². The number of thiophene rings is 1. The Hall–Kier alpha value is -0.900. The van der Waals surface area contributed by atoms with Crippen LogP contribution in [0.1, 0.15) is 25.3 Å². The van der Waals surface area contributed by atoms with E-state index in [-0.39, 0.29) is 0 Å². The van der Waals surface area contributed by atoms with E-state index in [0.717, 1.165) is 19.6 Å². The van der Waals surface area contributed by atoms with Crippen LogP contribution >= 0.6 is 11.3 Å². The first-order valence-corrected chi connectivity index (χ1v) is 8.06. The molecule has 102 valence electrons. The number of ether oxygens (including phenoxy) is 1. The Morgan fingerprint density at radius 3 is 3.11 bits per heavy atom. The van der Waals surface area contributed by atoms with E-state index in [2.05, 4.69) is 41.9 Å². The number of benzene rings is 1. The smallest absolute Gasteiger partial charge is 0.0732 e. The molecule has 1 fully saturated rings.